The first-order chi connectivity index (χ1) is 9.90. The summed E-state index contributed by atoms with van der Waals surface area (Å²) in [7, 11) is 0. The molecule has 0 aromatic heterocycles. The van der Waals surface area contributed by atoms with E-state index in [4.69, 9.17) is 0 Å². The first-order valence-electron chi connectivity index (χ1n) is 7.21. The van der Waals surface area contributed by atoms with E-state index in [1.54, 1.807) is 0 Å². The van der Waals surface area contributed by atoms with Crippen LogP contribution in [0.4, 0.5) is 0 Å². The molecule has 2 aromatic carbocycles. The summed E-state index contributed by atoms with van der Waals surface area (Å²) in [5, 5.41) is 0. The average Bonchev–Trinajstić information content (AvgIpc) is 2.48. The second kappa shape index (κ2) is 7.24. The minimum atomic E-state index is 1.14. The van der Waals surface area contributed by atoms with Crippen LogP contribution in [0.1, 0.15) is 22.3 Å². The lowest BCUT2D eigenvalue weighted by atomic mass is 10.1. The predicted molar refractivity (Wildman–Crippen MR) is 92.6 cm³/mol. The molecule has 0 amide bonds. The third kappa shape index (κ3) is 4.07. The third-order valence-corrected chi connectivity index (χ3v) is 5.65. The van der Waals surface area contributed by atoms with Gasteiger partial charge in [0.25, 0.3) is 0 Å². The van der Waals surface area contributed by atoms with Crippen LogP contribution in [0.15, 0.2) is 48.5 Å². The standard InChI is InChI=1S/C18H20S2/c1-3-15-7-9-19-13-17-5-2-6-18(12-17)14-20-10-8-16(4-1)11-15/h1-6,11-12H,7-10,13-14H2. The molecule has 0 unspecified atom stereocenters. The Balaban J connectivity index is 1.73. The number of hydrogen-bond acceptors (Lipinski definition) is 2. The fraction of sp³-hybridized carbons (Fsp3) is 0.333. The molecule has 0 radical (unpaired) electrons. The molecular formula is C18H20S2. The predicted octanol–water partition coefficient (Wildman–Crippen LogP) is 4.95. The van der Waals surface area contributed by atoms with Gasteiger partial charge in [0, 0.05) is 11.5 Å². The van der Waals surface area contributed by atoms with Crippen LogP contribution in [-0.4, -0.2) is 11.5 Å². The van der Waals surface area contributed by atoms with Gasteiger partial charge >= 0.3 is 0 Å². The van der Waals surface area contributed by atoms with Crippen molar-refractivity contribution in [1.82, 2.24) is 0 Å². The maximum atomic E-state index is 2.39. The first-order valence-corrected chi connectivity index (χ1v) is 9.52. The number of thioether (sulfide) groups is 2. The van der Waals surface area contributed by atoms with Crippen LogP contribution in [0.25, 0.3) is 0 Å². The van der Waals surface area contributed by atoms with E-state index in [1.807, 2.05) is 23.5 Å². The van der Waals surface area contributed by atoms with Crippen molar-refractivity contribution in [2.45, 2.75) is 24.3 Å². The summed E-state index contributed by atoms with van der Waals surface area (Å²) in [5.41, 5.74) is 5.93. The fourth-order valence-electron chi connectivity index (χ4n) is 2.51. The fourth-order valence-corrected chi connectivity index (χ4v) is 4.39. The van der Waals surface area contributed by atoms with Gasteiger partial charge in [-0.05, 0) is 46.6 Å². The molecule has 1 heterocycles. The van der Waals surface area contributed by atoms with Crippen molar-refractivity contribution in [2.75, 3.05) is 11.5 Å². The highest BCUT2D eigenvalue weighted by molar-refractivity contribution is 7.98. The van der Waals surface area contributed by atoms with Gasteiger partial charge in [-0.1, -0.05) is 48.5 Å². The van der Waals surface area contributed by atoms with Crippen molar-refractivity contribution in [3.63, 3.8) is 0 Å². The van der Waals surface area contributed by atoms with E-state index in [0.717, 1.165) is 11.5 Å². The zero-order chi connectivity index (χ0) is 13.6. The van der Waals surface area contributed by atoms with E-state index in [0.29, 0.717) is 0 Å². The molecule has 0 N–H and O–H groups in total. The third-order valence-electron chi connectivity index (χ3n) is 3.59. The van der Waals surface area contributed by atoms with Crippen LogP contribution in [-0.2, 0) is 24.3 Å². The summed E-state index contributed by atoms with van der Waals surface area (Å²) in [6, 6.07) is 18.3. The van der Waals surface area contributed by atoms with E-state index in [9.17, 15) is 0 Å². The Labute approximate surface area is 130 Å². The molecule has 20 heavy (non-hydrogen) atoms. The average molecular weight is 300 g/mol. The van der Waals surface area contributed by atoms with Gasteiger partial charge in [0.1, 0.15) is 0 Å². The SMILES string of the molecule is c1cc2cc(c1)CCSCc1cccc(c1)CSCC2. The minimum absolute atomic E-state index is 1.14. The zero-order valence-electron chi connectivity index (χ0n) is 11.7. The second-order valence-corrected chi connectivity index (χ2v) is 7.46. The van der Waals surface area contributed by atoms with E-state index in [1.165, 1.54) is 46.6 Å². The van der Waals surface area contributed by atoms with Gasteiger partial charge in [-0.2, -0.15) is 23.5 Å². The minimum Gasteiger partial charge on any atom is -0.157 e. The summed E-state index contributed by atoms with van der Waals surface area (Å²) in [6.07, 6.45) is 2.37. The van der Waals surface area contributed by atoms with Crippen LogP contribution in [0, 0.1) is 0 Å². The van der Waals surface area contributed by atoms with Crippen molar-refractivity contribution in [1.29, 1.82) is 0 Å². The second-order valence-electron chi connectivity index (χ2n) is 5.25. The Kier molecular flexibility index (Phi) is 5.10. The summed E-state index contributed by atoms with van der Waals surface area (Å²) in [6.45, 7) is 0. The van der Waals surface area contributed by atoms with Crippen LogP contribution >= 0.6 is 23.5 Å². The van der Waals surface area contributed by atoms with Crippen molar-refractivity contribution < 1.29 is 0 Å². The summed E-state index contributed by atoms with van der Waals surface area (Å²) >= 11 is 4.09. The van der Waals surface area contributed by atoms with E-state index in [-0.39, 0.29) is 0 Å². The van der Waals surface area contributed by atoms with E-state index >= 15 is 0 Å². The highest BCUT2D eigenvalue weighted by atomic mass is 32.2. The quantitative estimate of drug-likeness (QED) is 0.675. The van der Waals surface area contributed by atoms with Gasteiger partial charge in [0.05, 0.1) is 0 Å². The van der Waals surface area contributed by atoms with Crippen molar-refractivity contribution in [3.05, 3.63) is 70.8 Å². The molecule has 2 heteroatoms. The molecule has 3 rings (SSSR count). The highest BCUT2D eigenvalue weighted by Crippen LogP contribution is 2.20. The Morgan fingerprint density at radius 2 is 1.05 bits per heavy atom. The van der Waals surface area contributed by atoms with Gasteiger partial charge in [-0.3, -0.25) is 0 Å². The Hall–Kier alpha value is -0.860. The lowest BCUT2D eigenvalue weighted by Crippen LogP contribution is -1.95. The molecule has 0 spiro atoms. The number of aryl methyl sites for hydroxylation is 2. The summed E-state index contributed by atoms with van der Waals surface area (Å²) in [5.74, 6) is 4.70. The van der Waals surface area contributed by atoms with E-state index in [2.05, 4.69) is 48.5 Å². The van der Waals surface area contributed by atoms with Gasteiger partial charge in [-0.25, -0.2) is 0 Å². The topological polar surface area (TPSA) is 0 Å². The Morgan fingerprint density at radius 3 is 1.60 bits per heavy atom. The Bertz CT molecular complexity index is 469. The number of benzene rings is 2. The number of fused-ring (bicyclic) bond motifs is 4. The Morgan fingerprint density at radius 1 is 0.600 bits per heavy atom. The van der Waals surface area contributed by atoms with Crippen LogP contribution in [0.3, 0.4) is 0 Å². The number of rotatable bonds is 0. The van der Waals surface area contributed by atoms with Gasteiger partial charge in [0.2, 0.25) is 0 Å². The molecule has 4 bridgehead atoms. The molecule has 0 aliphatic carbocycles. The maximum absolute atomic E-state index is 2.39. The lowest BCUT2D eigenvalue weighted by molar-refractivity contribution is 1.10. The van der Waals surface area contributed by atoms with Crippen LogP contribution in [0.2, 0.25) is 0 Å². The normalized spacial score (nSPS) is 16.4. The molecule has 0 fully saturated rings. The largest absolute Gasteiger partial charge is 0.157 e. The first kappa shape index (κ1) is 14.1. The molecule has 1 aliphatic rings. The van der Waals surface area contributed by atoms with Crippen LogP contribution < -0.4 is 0 Å². The highest BCUT2D eigenvalue weighted by Gasteiger charge is 2.02. The van der Waals surface area contributed by atoms with Crippen molar-refractivity contribution in [2.24, 2.45) is 0 Å². The molecule has 0 atom stereocenters. The zero-order valence-corrected chi connectivity index (χ0v) is 13.3. The summed E-state index contributed by atoms with van der Waals surface area (Å²) in [4.78, 5) is 0. The molecule has 104 valence electrons. The molecule has 1 aliphatic heterocycles. The van der Waals surface area contributed by atoms with Gasteiger partial charge < -0.3 is 0 Å². The van der Waals surface area contributed by atoms with E-state index < -0.39 is 0 Å². The van der Waals surface area contributed by atoms with Crippen LogP contribution in [0.5, 0.6) is 0 Å². The maximum Gasteiger partial charge on any atom is 0.0184 e. The van der Waals surface area contributed by atoms with Crippen molar-refractivity contribution >= 4 is 23.5 Å². The molecule has 2 aromatic rings. The molecule has 0 nitrogen and oxygen atoms in total. The monoisotopic (exact) mass is 300 g/mol. The molecule has 0 saturated heterocycles. The number of hydrogen-bond donors (Lipinski definition) is 0. The lowest BCUT2D eigenvalue weighted by Gasteiger charge is -2.09. The smallest absolute Gasteiger partial charge is 0.0184 e. The molecule has 0 saturated carbocycles. The van der Waals surface area contributed by atoms with Crippen molar-refractivity contribution in [3.8, 4) is 0 Å². The summed E-state index contributed by atoms with van der Waals surface area (Å²) < 4.78 is 0. The van der Waals surface area contributed by atoms with Gasteiger partial charge in [-0.15, -0.1) is 0 Å². The van der Waals surface area contributed by atoms with Gasteiger partial charge in [0.15, 0.2) is 0 Å². The molecular weight excluding hydrogens is 280 g/mol.